The highest BCUT2D eigenvalue weighted by Crippen LogP contribution is 2.30. The largest absolute Gasteiger partial charge is 0.368 e. The van der Waals surface area contributed by atoms with E-state index in [0.717, 1.165) is 31.0 Å². The number of anilines is 1. The summed E-state index contributed by atoms with van der Waals surface area (Å²) in [6, 6.07) is 6.25. The third-order valence-corrected chi connectivity index (χ3v) is 3.21. The van der Waals surface area contributed by atoms with E-state index in [1.165, 1.54) is 5.82 Å². The summed E-state index contributed by atoms with van der Waals surface area (Å²) in [5.41, 5.74) is 2.08. The summed E-state index contributed by atoms with van der Waals surface area (Å²) in [7, 11) is 0. The smallest absolute Gasteiger partial charge is 0.138 e. The number of hydrogen-bond donors (Lipinski definition) is 0. The molecule has 2 aliphatic heterocycles. The second-order valence-electron chi connectivity index (χ2n) is 4.08. The van der Waals surface area contributed by atoms with E-state index in [9.17, 15) is 0 Å². The Morgan fingerprint density at radius 3 is 3.40 bits per heavy atom. The quantitative estimate of drug-likeness (QED) is 0.642. The molecule has 2 aliphatic rings. The molecule has 4 nitrogen and oxygen atoms in total. The molecule has 1 saturated heterocycles. The van der Waals surface area contributed by atoms with Crippen molar-refractivity contribution in [3.63, 3.8) is 0 Å². The Hall–Kier alpha value is -1.55. The lowest BCUT2D eigenvalue weighted by molar-refractivity contribution is 0.0379. The second kappa shape index (κ2) is 2.52. The van der Waals surface area contributed by atoms with Crippen LogP contribution in [0.25, 0.3) is 5.65 Å². The number of pyridine rings is 1. The van der Waals surface area contributed by atoms with Crippen molar-refractivity contribution < 1.29 is 4.74 Å². The van der Waals surface area contributed by atoms with Crippen molar-refractivity contribution >= 4 is 11.5 Å². The molecule has 4 heteroatoms. The zero-order chi connectivity index (χ0) is 9.83. The third kappa shape index (κ3) is 0.920. The van der Waals surface area contributed by atoms with Crippen LogP contribution in [0.15, 0.2) is 24.4 Å². The van der Waals surface area contributed by atoms with Gasteiger partial charge in [-0.2, -0.15) is 0 Å². The predicted molar refractivity (Wildman–Crippen MR) is 56.1 cm³/mol. The zero-order valence-electron chi connectivity index (χ0n) is 8.26. The van der Waals surface area contributed by atoms with Crippen molar-refractivity contribution in [1.82, 2.24) is 9.38 Å². The van der Waals surface area contributed by atoms with Gasteiger partial charge in [-0.1, -0.05) is 6.07 Å². The molecule has 0 spiro atoms. The molecule has 2 aromatic rings. The maximum Gasteiger partial charge on any atom is 0.138 e. The van der Waals surface area contributed by atoms with Gasteiger partial charge in [0.1, 0.15) is 17.6 Å². The molecule has 0 amide bonds. The van der Waals surface area contributed by atoms with Crippen LogP contribution in [0.2, 0.25) is 0 Å². The number of imidazole rings is 1. The van der Waals surface area contributed by atoms with Crippen molar-refractivity contribution in [3.8, 4) is 0 Å². The average Bonchev–Trinajstić information content (AvgIpc) is 2.68. The standard InChI is InChI=1S/C11H11N3O/c1-2-10-12-8-6-14(10)11(3-1)13-4-5-15-9(8)7-13/h1-3,6,9H,4-5,7H2. The number of aromatic nitrogens is 2. The third-order valence-electron chi connectivity index (χ3n) is 3.21. The molecule has 0 aliphatic carbocycles. The Morgan fingerprint density at radius 1 is 1.40 bits per heavy atom. The molecule has 2 aromatic heterocycles. The van der Waals surface area contributed by atoms with Crippen LogP contribution in [0.4, 0.5) is 5.82 Å². The van der Waals surface area contributed by atoms with E-state index in [4.69, 9.17) is 4.74 Å². The number of nitrogens with zero attached hydrogens (tertiary/aromatic N) is 3. The Bertz CT molecular complexity index is 534. The van der Waals surface area contributed by atoms with E-state index < -0.39 is 0 Å². The molecule has 15 heavy (non-hydrogen) atoms. The van der Waals surface area contributed by atoms with E-state index in [-0.39, 0.29) is 6.10 Å². The Balaban J connectivity index is 2.09. The summed E-state index contributed by atoms with van der Waals surface area (Å²) < 4.78 is 7.89. The number of fused-ring (bicyclic) bond motifs is 5. The average molecular weight is 201 g/mol. The lowest BCUT2D eigenvalue weighted by atomic mass is 10.2. The van der Waals surface area contributed by atoms with Crippen LogP contribution >= 0.6 is 0 Å². The van der Waals surface area contributed by atoms with Crippen LogP contribution in [0.1, 0.15) is 11.8 Å². The second-order valence-corrected chi connectivity index (χ2v) is 4.08. The molecule has 4 rings (SSSR count). The number of hydrogen-bond acceptors (Lipinski definition) is 3. The van der Waals surface area contributed by atoms with Gasteiger partial charge in [0.15, 0.2) is 0 Å². The lowest BCUT2D eigenvalue weighted by Gasteiger charge is -2.33. The maximum absolute atomic E-state index is 5.73. The van der Waals surface area contributed by atoms with Gasteiger partial charge in [-0.3, -0.25) is 4.40 Å². The van der Waals surface area contributed by atoms with Gasteiger partial charge in [0, 0.05) is 12.7 Å². The Kier molecular flexibility index (Phi) is 1.29. The molecule has 4 heterocycles. The zero-order valence-corrected chi connectivity index (χ0v) is 8.26. The summed E-state index contributed by atoms with van der Waals surface area (Å²) in [6.45, 7) is 2.70. The van der Waals surface area contributed by atoms with Gasteiger partial charge in [-0.25, -0.2) is 4.98 Å². The van der Waals surface area contributed by atoms with Crippen LogP contribution in [-0.2, 0) is 4.74 Å². The predicted octanol–water partition coefficient (Wildman–Crippen LogP) is 1.23. The van der Waals surface area contributed by atoms with Crippen molar-refractivity contribution in [3.05, 3.63) is 30.1 Å². The molecule has 76 valence electrons. The maximum atomic E-state index is 5.73. The Morgan fingerprint density at radius 2 is 2.40 bits per heavy atom. The first kappa shape index (κ1) is 7.70. The highest BCUT2D eigenvalue weighted by Gasteiger charge is 2.28. The minimum Gasteiger partial charge on any atom is -0.368 e. The van der Waals surface area contributed by atoms with Gasteiger partial charge in [0.2, 0.25) is 0 Å². The summed E-state index contributed by atoms with van der Waals surface area (Å²) in [5, 5.41) is 0. The molecule has 0 aromatic carbocycles. The van der Waals surface area contributed by atoms with Crippen molar-refractivity contribution in [2.75, 3.05) is 24.6 Å². The molecule has 4 bridgehead atoms. The molecule has 1 unspecified atom stereocenters. The van der Waals surface area contributed by atoms with Gasteiger partial charge in [-0.05, 0) is 12.1 Å². The van der Waals surface area contributed by atoms with E-state index in [1.54, 1.807) is 0 Å². The fraction of sp³-hybridized carbons (Fsp3) is 0.364. The topological polar surface area (TPSA) is 29.8 Å². The van der Waals surface area contributed by atoms with Gasteiger partial charge >= 0.3 is 0 Å². The lowest BCUT2D eigenvalue weighted by Crippen LogP contribution is -2.38. The van der Waals surface area contributed by atoms with Crippen LogP contribution in [0.5, 0.6) is 0 Å². The first-order chi connectivity index (χ1) is 7.42. The molecular formula is C11H11N3O. The first-order valence-corrected chi connectivity index (χ1v) is 5.26. The molecule has 0 radical (unpaired) electrons. The van der Waals surface area contributed by atoms with E-state index >= 15 is 0 Å². The monoisotopic (exact) mass is 201 g/mol. The van der Waals surface area contributed by atoms with Crippen molar-refractivity contribution in [2.24, 2.45) is 0 Å². The van der Waals surface area contributed by atoms with Gasteiger partial charge < -0.3 is 9.64 Å². The van der Waals surface area contributed by atoms with Gasteiger partial charge in [0.05, 0.1) is 18.8 Å². The fourth-order valence-corrected chi connectivity index (χ4v) is 2.46. The van der Waals surface area contributed by atoms with E-state index in [1.807, 2.05) is 6.07 Å². The highest BCUT2D eigenvalue weighted by molar-refractivity contribution is 5.54. The SMILES string of the molecule is c1cc2n3cc(nc3c1)C1CN2CCO1. The molecule has 1 atom stereocenters. The van der Waals surface area contributed by atoms with Crippen LogP contribution in [0, 0.1) is 0 Å². The van der Waals surface area contributed by atoms with Crippen LogP contribution in [-0.4, -0.2) is 29.1 Å². The number of ether oxygens (including phenoxy) is 1. The van der Waals surface area contributed by atoms with Crippen molar-refractivity contribution in [2.45, 2.75) is 6.10 Å². The van der Waals surface area contributed by atoms with Crippen molar-refractivity contribution in [1.29, 1.82) is 0 Å². The van der Waals surface area contributed by atoms with E-state index in [0.29, 0.717) is 0 Å². The molecule has 0 N–H and O–H groups in total. The first-order valence-electron chi connectivity index (χ1n) is 5.26. The fourth-order valence-electron chi connectivity index (χ4n) is 2.46. The molecule has 1 fully saturated rings. The summed E-state index contributed by atoms with van der Waals surface area (Å²) in [4.78, 5) is 6.95. The van der Waals surface area contributed by atoms with Crippen LogP contribution in [0.3, 0.4) is 0 Å². The number of morpholine rings is 1. The van der Waals surface area contributed by atoms with Gasteiger partial charge in [0.25, 0.3) is 0 Å². The number of rotatable bonds is 0. The molecule has 0 saturated carbocycles. The summed E-state index contributed by atoms with van der Waals surface area (Å²) in [6.07, 6.45) is 2.25. The normalized spacial score (nSPS) is 23.5. The van der Waals surface area contributed by atoms with Gasteiger partial charge in [-0.15, -0.1) is 0 Å². The minimum absolute atomic E-state index is 0.149. The minimum atomic E-state index is 0.149. The summed E-state index contributed by atoms with van der Waals surface area (Å²) >= 11 is 0. The highest BCUT2D eigenvalue weighted by atomic mass is 16.5. The van der Waals surface area contributed by atoms with Crippen LogP contribution < -0.4 is 4.90 Å². The Labute approximate surface area is 87.1 Å². The summed E-state index contributed by atoms with van der Waals surface area (Å²) in [5.74, 6) is 1.23. The molecular weight excluding hydrogens is 190 g/mol. The van der Waals surface area contributed by atoms with E-state index in [2.05, 4.69) is 32.6 Å².